The maximum atomic E-state index is 4.48. The monoisotopic (exact) mass is 376 g/mol. The third-order valence-corrected chi connectivity index (χ3v) is 5.65. The molecule has 6 heteroatoms. The van der Waals surface area contributed by atoms with Crippen molar-refractivity contribution in [2.24, 2.45) is 13.0 Å². The Morgan fingerprint density at radius 2 is 1.90 bits per heavy atom. The third-order valence-electron chi connectivity index (χ3n) is 4.61. The van der Waals surface area contributed by atoms with E-state index in [1.165, 1.54) is 55.5 Å². The first-order chi connectivity index (χ1) is 9.63. The van der Waals surface area contributed by atoms with Gasteiger partial charge in [0.1, 0.15) is 0 Å². The maximum Gasteiger partial charge on any atom is 0.0739 e. The predicted octanol–water partition coefficient (Wildman–Crippen LogP) is 2.88. The Hall–Kier alpha value is -0.100. The summed E-state index contributed by atoms with van der Waals surface area (Å²) in [7, 11) is 2.04. The van der Waals surface area contributed by atoms with Crippen LogP contribution in [0.4, 0.5) is 0 Å². The molecule has 2 aliphatic rings. The van der Waals surface area contributed by atoms with Crippen molar-refractivity contribution in [1.82, 2.24) is 20.0 Å². The fraction of sp³-hybridized carbons (Fsp3) is 0.800. The quantitative estimate of drug-likeness (QED) is 0.856. The highest BCUT2D eigenvalue weighted by atomic mass is 79.9. The number of halogens is 2. The molecule has 0 bridgehead atoms. The molecule has 2 heterocycles. The summed E-state index contributed by atoms with van der Waals surface area (Å²) < 4.78 is 3.19. The van der Waals surface area contributed by atoms with E-state index in [0.29, 0.717) is 0 Å². The number of hydrogen-bond donors (Lipinski definition) is 1. The van der Waals surface area contributed by atoms with Gasteiger partial charge in [-0.1, -0.05) is 0 Å². The van der Waals surface area contributed by atoms with E-state index in [1.807, 2.05) is 11.7 Å². The number of nitrogens with zero attached hydrogens (tertiary/aromatic N) is 3. The lowest BCUT2D eigenvalue weighted by Gasteiger charge is -2.32. The molecule has 0 aromatic carbocycles. The molecule has 2 fully saturated rings. The fourth-order valence-corrected chi connectivity index (χ4v) is 3.48. The molecule has 0 amide bonds. The number of nitrogens with one attached hydrogen (secondary N) is 1. The van der Waals surface area contributed by atoms with Crippen LogP contribution < -0.4 is 5.32 Å². The van der Waals surface area contributed by atoms with Gasteiger partial charge in [0.15, 0.2) is 0 Å². The summed E-state index contributed by atoms with van der Waals surface area (Å²) in [6, 6.07) is 0.739. The molecule has 4 nitrogen and oxygen atoms in total. The molecule has 1 aliphatic heterocycles. The van der Waals surface area contributed by atoms with Gasteiger partial charge in [-0.15, -0.1) is 12.4 Å². The van der Waals surface area contributed by atoms with Crippen LogP contribution in [0.2, 0.25) is 0 Å². The first-order valence-corrected chi connectivity index (χ1v) is 8.56. The second kappa shape index (κ2) is 7.44. The molecular weight excluding hydrogens is 352 g/mol. The Morgan fingerprint density at radius 1 is 1.24 bits per heavy atom. The molecule has 1 N–H and O–H groups in total. The van der Waals surface area contributed by atoms with E-state index >= 15 is 0 Å². The second-order valence-electron chi connectivity index (χ2n) is 6.37. The lowest BCUT2D eigenvalue weighted by atomic mass is 10.0. The zero-order valence-electron chi connectivity index (χ0n) is 12.9. The summed E-state index contributed by atoms with van der Waals surface area (Å²) in [5.74, 6) is 0.987. The average Bonchev–Trinajstić information content (AvgIpc) is 3.23. The lowest BCUT2D eigenvalue weighted by molar-refractivity contribution is 0.186. The topological polar surface area (TPSA) is 33.1 Å². The van der Waals surface area contributed by atoms with Crippen LogP contribution in [0.1, 0.15) is 37.1 Å². The summed E-state index contributed by atoms with van der Waals surface area (Å²) in [6.07, 6.45) is 5.45. The predicted molar refractivity (Wildman–Crippen MR) is 91.9 cm³/mol. The first kappa shape index (κ1) is 17.3. The molecule has 0 spiro atoms. The normalized spacial score (nSPS) is 20.5. The van der Waals surface area contributed by atoms with Gasteiger partial charge in [0.2, 0.25) is 0 Å². The van der Waals surface area contributed by atoms with Gasteiger partial charge < -0.3 is 5.32 Å². The molecule has 120 valence electrons. The highest BCUT2D eigenvalue weighted by molar-refractivity contribution is 9.10. The van der Waals surface area contributed by atoms with Crippen molar-refractivity contribution >= 4 is 28.3 Å². The molecular formula is C15H26BrClN4. The average molecular weight is 378 g/mol. The van der Waals surface area contributed by atoms with E-state index < -0.39 is 0 Å². The molecule has 21 heavy (non-hydrogen) atoms. The molecule has 0 unspecified atom stereocenters. The van der Waals surface area contributed by atoms with E-state index in [2.05, 4.69) is 38.2 Å². The van der Waals surface area contributed by atoms with Gasteiger partial charge in [-0.3, -0.25) is 9.58 Å². The third kappa shape index (κ3) is 4.44. The van der Waals surface area contributed by atoms with Gasteiger partial charge in [-0.2, -0.15) is 5.10 Å². The van der Waals surface area contributed by atoms with Gasteiger partial charge in [0, 0.05) is 32.7 Å². The van der Waals surface area contributed by atoms with E-state index in [1.54, 1.807) is 0 Å². The van der Waals surface area contributed by atoms with Crippen LogP contribution in [0.25, 0.3) is 0 Å². The molecule has 1 saturated carbocycles. The molecule has 1 saturated heterocycles. The minimum atomic E-state index is 0. The smallest absolute Gasteiger partial charge is 0.0739 e. The molecule has 1 aromatic rings. The number of rotatable bonds is 5. The molecule has 1 aliphatic carbocycles. The summed E-state index contributed by atoms with van der Waals surface area (Å²) in [6.45, 7) is 6.70. The summed E-state index contributed by atoms with van der Waals surface area (Å²) in [5.41, 5.74) is 2.38. The van der Waals surface area contributed by atoms with Gasteiger partial charge >= 0.3 is 0 Å². The van der Waals surface area contributed by atoms with Gasteiger partial charge in [-0.25, -0.2) is 0 Å². The van der Waals surface area contributed by atoms with Crippen LogP contribution in [0.15, 0.2) is 4.47 Å². The Kier molecular flexibility index (Phi) is 6.12. The Morgan fingerprint density at radius 3 is 2.43 bits per heavy atom. The first-order valence-electron chi connectivity index (χ1n) is 7.77. The highest BCUT2D eigenvalue weighted by Crippen LogP contribution is 2.28. The summed E-state index contributed by atoms with van der Waals surface area (Å²) >= 11 is 3.67. The minimum Gasteiger partial charge on any atom is -0.314 e. The number of piperidine rings is 1. The van der Waals surface area contributed by atoms with Crippen molar-refractivity contribution in [3.05, 3.63) is 15.9 Å². The van der Waals surface area contributed by atoms with Crippen molar-refractivity contribution < 1.29 is 0 Å². The zero-order valence-corrected chi connectivity index (χ0v) is 15.3. The fourth-order valence-electron chi connectivity index (χ4n) is 3.01. The van der Waals surface area contributed by atoms with Crippen LogP contribution in [-0.4, -0.2) is 40.4 Å². The van der Waals surface area contributed by atoms with Crippen molar-refractivity contribution in [2.45, 2.75) is 45.2 Å². The molecule has 0 radical (unpaired) electrons. The highest BCUT2D eigenvalue weighted by Gasteiger charge is 2.25. The van der Waals surface area contributed by atoms with Crippen LogP contribution in [0, 0.1) is 12.8 Å². The Balaban J connectivity index is 0.00000161. The minimum absolute atomic E-state index is 0. The van der Waals surface area contributed by atoms with Crippen LogP contribution >= 0.6 is 28.3 Å². The van der Waals surface area contributed by atoms with E-state index in [-0.39, 0.29) is 12.4 Å². The SMILES string of the molecule is Cc1nn(C)c(CN2CCC(NCC3CC3)CC2)c1Br.Cl. The lowest BCUT2D eigenvalue weighted by Crippen LogP contribution is -2.42. The van der Waals surface area contributed by atoms with Crippen LogP contribution in [0.5, 0.6) is 0 Å². The number of aryl methyl sites for hydroxylation is 2. The maximum absolute atomic E-state index is 4.48. The second-order valence-corrected chi connectivity index (χ2v) is 7.16. The molecule has 3 rings (SSSR count). The molecule has 0 atom stereocenters. The van der Waals surface area contributed by atoms with E-state index in [9.17, 15) is 0 Å². The van der Waals surface area contributed by atoms with Crippen molar-refractivity contribution in [3.8, 4) is 0 Å². The van der Waals surface area contributed by atoms with Crippen LogP contribution in [-0.2, 0) is 13.6 Å². The van der Waals surface area contributed by atoms with Gasteiger partial charge in [0.05, 0.1) is 15.9 Å². The standard InChI is InChI=1S/C15H25BrN4.ClH/c1-11-15(16)14(19(2)18-11)10-20-7-5-13(6-8-20)17-9-12-3-4-12;/h12-13,17H,3-10H2,1-2H3;1H. The molecule has 1 aromatic heterocycles. The summed E-state index contributed by atoms with van der Waals surface area (Å²) in [5, 5.41) is 8.22. The zero-order chi connectivity index (χ0) is 14.1. The number of likely N-dealkylation sites (tertiary alicyclic amines) is 1. The van der Waals surface area contributed by atoms with Gasteiger partial charge in [0.25, 0.3) is 0 Å². The summed E-state index contributed by atoms with van der Waals surface area (Å²) in [4.78, 5) is 2.55. The van der Waals surface area contributed by atoms with Crippen molar-refractivity contribution in [1.29, 1.82) is 0 Å². The van der Waals surface area contributed by atoms with Gasteiger partial charge in [-0.05, 0) is 61.0 Å². The number of aromatic nitrogens is 2. The van der Waals surface area contributed by atoms with Crippen LogP contribution in [0.3, 0.4) is 0 Å². The number of hydrogen-bond acceptors (Lipinski definition) is 3. The van der Waals surface area contributed by atoms with E-state index in [4.69, 9.17) is 0 Å². The van der Waals surface area contributed by atoms with Crippen molar-refractivity contribution in [2.75, 3.05) is 19.6 Å². The van der Waals surface area contributed by atoms with E-state index in [0.717, 1.165) is 24.2 Å². The van der Waals surface area contributed by atoms with Crippen molar-refractivity contribution in [3.63, 3.8) is 0 Å². The Bertz CT molecular complexity index is 464. The largest absolute Gasteiger partial charge is 0.314 e. The Labute approximate surface area is 142 Å².